The van der Waals surface area contributed by atoms with E-state index in [2.05, 4.69) is 10.2 Å². The fourth-order valence-corrected chi connectivity index (χ4v) is 0.0861. The first-order chi connectivity index (χ1) is 2.77. The molecular weight excluding hydrogens is 82.0 g/mol. The van der Waals surface area contributed by atoms with Crippen LogP contribution in [0.1, 0.15) is 13.8 Å². The maximum atomic E-state index is 9.14. The Labute approximate surface area is 36.2 Å². The summed E-state index contributed by atoms with van der Waals surface area (Å²) in [7, 11) is 0. The molecule has 0 aliphatic rings. The summed E-state index contributed by atoms with van der Waals surface area (Å²) in [6, 6.07) is 0. The molecular formula is C3H7NO2. The molecule has 0 amide bonds. The molecule has 0 saturated heterocycles. The largest absolute Gasteiger partial charge is 0.361 e. The van der Waals surface area contributed by atoms with Crippen LogP contribution in [-0.4, -0.2) is 6.10 Å². The Hall–Kier alpha value is -0.600. The maximum Gasteiger partial charge on any atom is 0.155 e. The van der Waals surface area contributed by atoms with Gasteiger partial charge in [-0.05, 0) is 13.8 Å². The molecule has 0 aromatic heterocycles. The van der Waals surface area contributed by atoms with Gasteiger partial charge in [0.2, 0.25) is 0 Å². The van der Waals surface area contributed by atoms with Crippen LogP contribution in [0.2, 0.25) is 0 Å². The van der Waals surface area contributed by atoms with Crippen molar-refractivity contribution < 1.29 is 4.84 Å². The fraction of sp³-hybridized carbons (Fsp3) is 1.00. The van der Waals surface area contributed by atoms with Crippen LogP contribution in [0.5, 0.6) is 0 Å². The molecule has 0 radical (unpaired) electrons. The van der Waals surface area contributed by atoms with Crippen molar-refractivity contribution in [1.82, 2.24) is 0 Å². The Kier molecular flexibility index (Phi) is 2.36. The van der Waals surface area contributed by atoms with Crippen LogP contribution in [-0.2, 0) is 4.84 Å². The van der Waals surface area contributed by atoms with E-state index >= 15 is 0 Å². The third-order valence-corrected chi connectivity index (χ3v) is 0.254. The van der Waals surface area contributed by atoms with E-state index in [1.807, 2.05) is 0 Å². The van der Waals surface area contributed by atoms with Gasteiger partial charge in [-0.15, -0.1) is 4.91 Å². The molecule has 0 aromatic carbocycles. The van der Waals surface area contributed by atoms with Crippen molar-refractivity contribution in [1.29, 1.82) is 0 Å². The van der Waals surface area contributed by atoms with Crippen LogP contribution >= 0.6 is 0 Å². The van der Waals surface area contributed by atoms with Gasteiger partial charge in [0.05, 0.1) is 0 Å². The lowest BCUT2D eigenvalue weighted by Crippen LogP contribution is -1.93. The highest BCUT2D eigenvalue weighted by Crippen LogP contribution is 1.84. The van der Waals surface area contributed by atoms with E-state index in [0.29, 0.717) is 0 Å². The second-order valence-electron chi connectivity index (χ2n) is 1.23. The molecule has 0 spiro atoms. The zero-order chi connectivity index (χ0) is 4.99. The first kappa shape index (κ1) is 5.40. The Morgan fingerprint density at radius 2 is 2.17 bits per heavy atom. The van der Waals surface area contributed by atoms with E-state index in [1.54, 1.807) is 13.8 Å². The smallest absolute Gasteiger partial charge is 0.155 e. The first-order valence-electron chi connectivity index (χ1n) is 1.76. The minimum Gasteiger partial charge on any atom is -0.361 e. The Balaban J connectivity index is 2.81. The number of hydrogen-bond acceptors (Lipinski definition) is 3. The summed E-state index contributed by atoms with van der Waals surface area (Å²) < 4.78 is 0. The molecule has 3 nitrogen and oxygen atoms in total. The minimum atomic E-state index is -0.0810. The van der Waals surface area contributed by atoms with Gasteiger partial charge in [0, 0.05) is 0 Å². The van der Waals surface area contributed by atoms with Crippen molar-refractivity contribution in [2.24, 2.45) is 5.34 Å². The predicted octanol–water partition coefficient (Wildman–Crippen LogP) is 1.09. The highest BCUT2D eigenvalue weighted by molar-refractivity contribution is 4.28. The molecule has 0 fully saturated rings. The van der Waals surface area contributed by atoms with Gasteiger partial charge in [-0.25, -0.2) is 0 Å². The molecule has 6 heavy (non-hydrogen) atoms. The maximum absolute atomic E-state index is 9.14. The lowest BCUT2D eigenvalue weighted by molar-refractivity contribution is 0.0819. The minimum absolute atomic E-state index is 0.0810. The average Bonchev–Trinajstić information content (AvgIpc) is 1.35. The van der Waals surface area contributed by atoms with Crippen LogP contribution in [0.4, 0.5) is 0 Å². The van der Waals surface area contributed by atoms with E-state index in [-0.39, 0.29) is 6.10 Å². The summed E-state index contributed by atoms with van der Waals surface area (Å²) in [6.45, 7) is 3.48. The number of nitrogens with zero attached hydrogens (tertiary/aromatic N) is 1. The predicted molar refractivity (Wildman–Crippen MR) is 22.0 cm³/mol. The van der Waals surface area contributed by atoms with Gasteiger partial charge in [0.1, 0.15) is 6.10 Å². The third-order valence-electron chi connectivity index (χ3n) is 0.254. The molecule has 3 heteroatoms. The van der Waals surface area contributed by atoms with Gasteiger partial charge in [-0.2, -0.15) is 0 Å². The molecule has 0 aliphatic carbocycles. The van der Waals surface area contributed by atoms with Crippen LogP contribution in [0.25, 0.3) is 0 Å². The van der Waals surface area contributed by atoms with Crippen molar-refractivity contribution in [3.63, 3.8) is 0 Å². The van der Waals surface area contributed by atoms with Crippen molar-refractivity contribution in [3.05, 3.63) is 4.91 Å². The van der Waals surface area contributed by atoms with E-state index in [9.17, 15) is 0 Å². The number of rotatable bonds is 2. The summed E-state index contributed by atoms with van der Waals surface area (Å²) >= 11 is 0. The summed E-state index contributed by atoms with van der Waals surface area (Å²) in [5.74, 6) is 0. The summed E-state index contributed by atoms with van der Waals surface area (Å²) in [5, 5.41) is 2.19. The average molecular weight is 89.1 g/mol. The van der Waals surface area contributed by atoms with Crippen LogP contribution in [0, 0.1) is 4.91 Å². The monoisotopic (exact) mass is 89.0 g/mol. The highest BCUT2D eigenvalue weighted by atomic mass is 16.7. The van der Waals surface area contributed by atoms with E-state index in [1.165, 1.54) is 0 Å². The number of hydrogen-bond donors (Lipinski definition) is 0. The summed E-state index contributed by atoms with van der Waals surface area (Å²) in [5.41, 5.74) is 0. The fourth-order valence-electron chi connectivity index (χ4n) is 0.0861. The molecule has 0 aliphatic heterocycles. The van der Waals surface area contributed by atoms with Gasteiger partial charge >= 0.3 is 0 Å². The molecule has 0 bridgehead atoms. The SMILES string of the molecule is CC(C)ON=O. The zero-order valence-corrected chi connectivity index (χ0v) is 3.84. The van der Waals surface area contributed by atoms with E-state index < -0.39 is 0 Å². The molecule has 0 heterocycles. The van der Waals surface area contributed by atoms with E-state index in [4.69, 9.17) is 4.91 Å². The molecule has 0 aromatic rings. The normalized spacial score (nSPS) is 8.50. The van der Waals surface area contributed by atoms with Crippen molar-refractivity contribution >= 4 is 0 Å². The standard InChI is InChI=1S/C3H7NO2/c1-3(2)6-4-5/h3H,1-2H3. The molecule has 36 valence electrons. The Bertz CT molecular complexity index is 44.1. The molecule has 0 unspecified atom stereocenters. The van der Waals surface area contributed by atoms with Crippen LogP contribution in [0.15, 0.2) is 5.34 Å². The Morgan fingerprint density at radius 3 is 2.17 bits per heavy atom. The lowest BCUT2D eigenvalue weighted by Gasteiger charge is -1.92. The van der Waals surface area contributed by atoms with Gasteiger partial charge in [0.25, 0.3) is 0 Å². The summed E-state index contributed by atoms with van der Waals surface area (Å²) in [4.78, 5) is 13.3. The van der Waals surface area contributed by atoms with E-state index in [0.717, 1.165) is 0 Å². The van der Waals surface area contributed by atoms with Crippen molar-refractivity contribution in [2.45, 2.75) is 20.0 Å². The van der Waals surface area contributed by atoms with Gasteiger partial charge in [-0.1, -0.05) is 0 Å². The molecule has 0 N–H and O–H groups in total. The van der Waals surface area contributed by atoms with Gasteiger partial charge in [0.15, 0.2) is 5.34 Å². The summed E-state index contributed by atoms with van der Waals surface area (Å²) in [6.07, 6.45) is -0.0810. The highest BCUT2D eigenvalue weighted by Gasteiger charge is 1.85. The van der Waals surface area contributed by atoms with Crippen LogP contribution < -0.4 is 0 Å². The topological polar surface area (TPSA) is 38.7 Å². The molecule has 0 atom stereocenters. The van der Waals surface area contributed by atoms with Gasteiger partial charge < -0.3 is 4.84 Å². The quantitative estimate of drug-likeness (QED) is 0.375. The lowest BCUT2D eigenvalue weighted by atomic mass is 10.5. The van der Waals surface area contributed by atoms with Crippen molar-refractivity contribution in [3.8, 4) is 0 Å². The first-order valence-corrected chi connectivity index (χ1v) is 1.76. The zero-order valence-electron chi connectivity index (χ0n) is 3.84. The van der Waals surface area contributed by atoms with Crippen LogP contribution in [0.3, 0.4) is 0 Å². The third kappa shape index (κ3) is 3.40. The van der Waals surface area contributed by atoms with Gasteiger partial charge in [-0.3, -0.25) is 0 Å². The Morgan fingerprint density at radius 1 is 1.67 bits per heavy atom. The second-order valence-corrected chi connectivity index (χ2v) is 1.23. The van der Waals surface area contributed by atoms with Crippen molar-refractivity contribution in [2.75, 3.05) is 0 Å². The molecule has 0 rings (SSSR count). The second kappa shape index (κ2) is 2.63. The molecule has 0 saturated carbocycles.